The summed E-state index contributed by atoms with van der Waals surface area (Å²) in [5.74, 6) is 0.689. The molecule has 2 atom stereocenters. The number of likely N-dealkylation sites (N-methyl/N-ethyl adjacent to an activating group) is 1. The Morgan fingerprint density at radius 2 is 2.35 bits per heavy atom. The van der Waals surface area contributed by atoms with Gasteiger partial charge >= 0.3 is 0 Å². The lowest BCUT2D eigenvalue weighted by molar-refractivity contribution is 0.0675. The zero-order valence-corrected chi connectivity index (χ0v) is 13.0. The van der Waals surface area contributed by atoms with Crippen molar-refractivity contribution in [2.24, 2.45) is 5.92 Å². The van der Waals surface area contributed by atoms with Crippen molar-refractivity contribution in [3.05, 3.63) is 17.5 Å². The molecule has 2 N–H and O–H groups in total. The Morgan fingerprint density at radius 3 is 2.90 bits per heavy atom. The van der Waals surface area contributed by atoms with Crippen LogP contribution in [0.1, 0.15) is 48.7 Å². The van der Waals surface area contributed by atoms with Crippen molar-refractivity contribution in [1.29, 1.82) is 0 Å². The first-order chi connectivity index (χ1) is 9.44. The number of carbonyl (C=O) groups is 1. The number of aromatic amines is 1. The van der Waals surface area contributed by atoms with E-state index in [0.29, 0.717) is 12.1 Å². The van der Waals surface area contributed by atoms with Gasteiger partial charge in [-0.15, -0.1) is 0 Å². The smallest absolute Gasteiger partial charge is 0.254 e. The molecular formula is C15H26N4O. The highest BCUT2D eigenvalue weighted by Gasteiger charge is 2.37. The molecule has 0 aromatic carbocycles. The molecule has 1 aliphatic rings. The van der Waals surface area contributed by atoms with E-state index in [2.05, 4.69) is 41.4 Å². The fraction of sp³-hybridized carbons (Fsp3) is 0.733. The van der Waals surface area contributed by atoms with Crippen LogP contribution in [0, 0.1) is 12.8 Å². The first-order valence-electron chi connectivity index (χ1n) is 7.40. The Morgan fingerprint density at radius 1 is 1.60 bits per heavy atom. The lowest BCUT2D eigenvalue weighted by Crippen LogP contribution is -2.55. The predicted molar refractivity (Wildman–Crippen MR) is 79.7 cm³/mol. The van der Waals surface area contributed by atoms with Crippen LogP contribution in [-0.4, -0.2) is 47.2 Å². The van der Waals surface area contributed by atoms with Gasteiger partial charge in [0.15, 0.2) is 0 Å². The van der Waals surface area contributed by atoms with Gasteiger partial charge in [-0.1, -0.05) is 19.8 Å². The highest BCUT2D eigenvalue weighted by molar-refractivity contribution is 5.94. The maximum absolute atomic E-state index is 12.2. The van der Waals surface area contributed by atoms with Gasteiger partial charge in [-0.2, -0.15) is 5.10 Å². The topological polar surface area (TPSA) is 61.0 Å². The minimum atomic E-state index is -0.0318. The van der Waals surface area contributed by atoms with Crippen molar-refractivity contribution in [3.63, 3.8) is 0 Å². The van der Waals surface area contributed by atoms with Crippen LogP contribution in [-0.2, 0) is 0 Å². The maximum Gasteiger partial charge on any atom is 0.254 e. The van der Waals surface area contributed by atoms with Crippen molar-refractivity contribution >= 4 is 5.91 Å². The van der Waals surface area contributed by atoms with Gasteiger partial charge in [-0.25, -0.2) is 0 Å². The number of aromatic nitrogens is 2. The van der Waals surface area contributed by atoms with E-state index < -0.39 is 0 Å². The minimum Gasteiger partial charge on any atom is -0.350 e. The molecule has 5 heteroatoms. The highest BCUT2D eigenvalue weighted by atomic mass is 16.1. The van der Waals surface area contributed by atoms with E-state index in [1.807, 2.05) is 6.92 Å². The molecule has 1 aromatic heterocycles. The molecule has 1 heterocycles. The summed E-state index contributed by atoms with van der Waals surface area (Å²) in [6.07, 6.45) is 6.42. The number of nitrogens with zero attached hydrogens (tertiary/aromatic N) is 2. The van der Waals surface area contributed by atoms with E-state index in [9.17, 15) is 4.79 Å². The van der Waals surface area contributed by atoms with Gasteiger partial charge in [0.2, 0.25) is 0 Å². The molecule has 0 bridgehead atoms. The Balaban J connectivity index is 2.03. The van der Waals surface area contributed by atoms with E-state index in [1.165, 1.54) is 12.8 Å². The first-order valence-corrected chi connectivity index (χ1v) is 7.40. The summed E-state index contributed by atoms with van der Waals surface area (Å²) in [6, 6.07) is 0. The van der Waals surface area contributed by atoms with Gasteiger partial charge in [0, 0.05) is 17.8 Å². The van der Waals surface area contributed by atoms with Crippen LogP contribution in [0.3, 0.4) is 0 Å². The summed E-state index contributed by atoms with van der Waals surface area (Å²) in [4.78, 5) is 14.5. The Hall–Kier alpha value is -1.36. The second-order valence-electron chi connectivity index (χ2n) is 6.41. The van der Waals surface area contributed by atoms with Gasteiger partial charge < -0.3 is 10.2 Å². The van der Waals surface area contributed by atoms with Crippen molar-refractivity contribution in [2.45, 2.75) is 45.1 Å². The van der Waals surface area contributed by atoms with E-state index in [4.69, 9.17) is 0 Å². The average molecular weight is 278 g/mol. The molecule has 2 rings (SSSR count). The molecule has 1 aliphatic carbocycles. The van der Waals surface area contributed by atoms with Crippen molar-refractivity contribution in [3.8, 4) is 0 Å². The van der Waals surface area contributed by atoms with Crippen LogP contribution in [0.2, 0.25) is 0 Å². The summed E-state index contributed by atoms with van der Waals surface area (Å²) < 4.78 is 0. The molecule has 0 saturated heterocycles. The lowest BCUT2D eigenvalue weighted by Gasteiger charge is -2.45. The van der Waals surface area contributed by atoms with Gasteiger partial charge in [0.05, 0.1) is 11.8 Å². The molecule has 0 aliphatic heterocycles. The van der Waals surface area contributed by atoms with E-state index >= 15 is 0 Å². The van der Waals surface area contributed by atoms with Crippen LogP contribution < -0.4 is 5.32 Å². The predicted octanol–water partition coefficient (Wildman–Crippen LogP) is 1.96. The summed E-state index contributed by atoms with van der Waals surface area (Å²) in [7, 11) is 4.24. The van der Waals surface area contributed by atoms with Gasteiger partial charge in [0.1, 0.15) is 0 Å². The summed E-state index contributed by atoms with van der Waals surface area (Å²) in [5, 5.41) is 9.81. The van der Waals surface area contributed by atoms with Gasteiger partial charge in [-0.3, -0.25) is 9.89 Å². The molecule has 0 radical (unpaired) electrons. The molecule has 1 aromatic rings. The van der Waals surface area contributed by atoms with Crippen molar-refractivity contribution in [2.75, 3.05) is 20.6 Å². The van der Waals surface area contributed by atoms with E-state index in [0.717, 1.165) is 24.5 Å². The second-order valence-corrected chi connectivity index (χ2v) is 6.41. The largest absolute Gasteiger partial charge is 0.350 e. The fourth-order valence-corrected chi connectivity index (χ4v) is 3.28. The zero-order valence-electron chi connectivity index (χ0n) is 13.0. The molecule has 5 nitrogen and oxygen atoms in total. The SMILES string of the molecule is Cc1[nH]ncc1C(=O)NCC1(N(C)C)CCCC(C)C1. The number of aryl methyl sites for hydroxylation is 1. The Kier molecular flexibility index (Phi) is 4.48. The van der Waals surface area contributed by atoms with Gasteiger partial charge in [0.25, 0.3) is 5.91 Å². The van der Waals surface area contributed by atoms with Crippen molar-refractivity contribution in [1.82, 2.24) is 20.4 Å². The molecule has 112 valence electrons. The molecule has 1 amide bonds. The molecular weight excluding hydrogens is 252 g/mol. The van der Waals surface area contributed by atoms with Crippen LogP contribution in [0.15, 0.2) is 6.20 Å². The first kappa shape index (κ1) is 15.0. The molecule has 2 unspecified atom stereocenters. The van der Waals surface area contributed by atoms with Crippen LogP contribution >= 0.6 is 0 Å². The third-order valence-electron chi connectivity index (χ3n) is 4.67. The normalized spacial score (nSPS) is 26.8. The van der Waals surface area contributed by atoms with Gasteiger partial charge in [-0.05, 0) is 39.8 Å². The fourth-order valence-electron chi connectivity index (χ4n) is 3.28. The third-order valence-corrected chi connectivity index (χ3v) is 4.67. The maximum atomic E-state index is 12.2. The number of carbonyl (C=O) groups excluding carboxylic acids is 1. The molecule has 1 fully saturated rings. The third kappa shape index (κ3) is 3.03. The highest BCUT2D eigenvalue weighted by Crippen LogP contribution is 2.35. The number of hydrogen-bond acceptors (Lipinski definition) is 3. The molecule has 20 heavy (non-hydrogen) atoms. The standard InChI is InChI=1S/C15H26N4O/c1-11-6-5-7-15(8-11,19(3)4)10-16-14(20)13-9-17-18-12(13)2/h9,11H,5-8,10H2,1-4H3,(H,16,20)(H,17,18). The summed E-state index contributed by atoms with van der Waals surface area (Å²) >= 11 is 0. The number of rotatable bonds is 4. The van der Waals surface area contributed by atoms with Crippen LogP contribution in [0.4, 0.5) is 0 Å². The zero-order chi connectivity index (χ0) is 14.8. The number of H-pyrrole nitrogens is 1. The Labute approximate surface area is 121 Å². The number of hydrogen-bond donors (Lipinski definition) is 2. The number of amides is 1. The lowest BCUT2D eigenvalue weighted by atomic mass is 9.75. The van der Waals surface area contributed by atoms with Crippen LogP contribution in [0.5, 0.6) is 0 Å². The summed E-state index contributed by atoms with van der Waals surface area (Å²) in [5.41, 5.74) is 1.55. The van der Waals surface area contributed by atoms with E-state index in [-0.39, 0.29) is 11.4 Å². The van der Waals surface area contributed by atoms with E-state index in [1.54, 1.807) is 6.20 Å². The second kappa shape index (κ2) is 5.95. The Bertz CT molecular complexity index is 468. The molecule has 1 saturated carbocycles. The molecule has 0 spiro atoms. The number of nitrogens with one attached hydrogen (secondary N) is 2. The average Bonchev–Trinajstić information content (AvgIpc) is 2.82. The monoisotopic (exact) mass is 278 g/mol. The quantitative estimate of drug-likeness (QED) is 0.885. The van der Waals surface area contributed by atoms with Crippen molar-refractivity contribution < 1.29 is 4.79 Å². The minimum absolute atomic E-state index is 0.0318. The summed E-state index contributed by atoms with van der Waals surface area (Å²) in [6.45, 7) is 4.87. The van der Waals surface area contributed by atoms with Crippen LogP contribution in [0.25, 0.3) is 0 Å².